The number of aromatic nitrogens is 2. The summed E-state index contributed by atoms with van der Waals surface area (Å²) in [5.41, 5.74) is 6.90. The predicted molar refractivity (Wildman–Crippen MR) is 52.7 cm³/mol. The lowest BCUT2D eigenvalue weighted by molar-refractivity contribution is 0.0491. The molecule has 0 radical (unpaired) electrons. The standard InChI is InChI=1S/C10H15N3O/c1-8-6-12-9(13-7-8)10(11)2-4-14-5-3-10/h6-7H,2-5,11H2,1H3. The van der Waals surface area contributed by atoms with Crippen LogP contribution in [0.5, 0.6) is 0 Å². The van der Waals surface area contributed by atoms with Gasteiger partial charge in [-0.3, -0.25) is 0 Å². The average molecular weight is 193 g/mol. The fourth-order valence-electron chi connectivity index (χ4n) is 1.61. The molecule has 1 aromatic heterocycles. The highest BCUT2D eigenvalue weighted by Gasteiger charge is 2.32. The van der Waals surface area contributed by atoms with Crippen LogP contribution >= 0.6 is 0 Å². The van der Waals surface area contributed by atoms with E-state index in [0.717, 1.165) is 24.2 Å². The lowest BCUT2D eigenvalue weighted by atomic mass is 9.90. The normalized spacial score (nSPS) is 20.7. The third-order valence-corrected chi connectivity index (χ3v) is 2.61. The topological polar surface area (TPSA) is 61.0 Å². The van der Waals surface area contributed by atoms with Gasteiger partial charge >= 0.3 is 0 Å². The number of aryl methyl sites for hydroxylation is 1. The molecule has 1 fully saturated rings. The van der Waals surface area contributed by atoms with E-state index in [4.69, 9.17) is 10.5 Å². The molecule has 0 atom stereocenters. The third-order valence-electron chi connectivity index (χ3n) is 2.61. The number of hydrogen-bond donors (Lipinski definition) is 1. The summed E-state index contributed by atoms with van der Waals surface area (Å²) in [4.78, 5) is 8.56. The summed E-state index contributed by atoms with van der Waals surface area (Å²) in [6, 6.07) is 0. The van der Waals surface area contributed by atoms with Crippen LogP contribution in [0.2, 0.25) is 0 Å². The average Bonchev–Trinajstić information content (AvgIpc) is 2.19. The van der Waals surface area contributed by atoms with Crippen LogP contribution in [0.3, 0.4) is 0 Å². The van der Waals surface area contributed by atoms with Crippen molar-refractivity contribution >= 4 is 0 Å². The number of nitrogens with zero attached hydrogens (tertiary/aromatic N) is 2. The quantitative estimate of drug-likeness (QED) is 0.715. The van der Waals surface area contributed by atoms with Crippen molar-refractivity contribution in [2.75, 3.05) is 13.2 Å². The second-order valence-corrected chi connectivity index (χ2v) is 3.85. The van der Waals surface area contributed by atoms with Crippen LogP contribution < -0.4 is 5.73 Å². The van der Waals surface area contributed by atoms with Crippen LogP contribution in [0.4, 0.5) is 0 Å². The van der Waals surface area contributed by atoms with Crippen molar-refractivity contribution in [3.05, 3.63) is 23.8 Å². The van der Waals surface area contributed by atoms with Crippen molar-refractivity contribution in [1.29, 1.82) is 0 Å². The first-order chi connectivity index (χ1) is 6.71. The monoisotopic (exact) mass is 193 g/mol. The Bertz CT molecular complexity index is 304. The number of ether oxygens (including phenoxy) is 1. The Morgan fingerprint density at radius 1 is 1.29 bits per heavy atom. The van der Waals surface area contributed by atoms with Gasteiger partial charge < -0.3 is 10.5 Å². The molecule has 1 saturated heterocycles. The summed E-state index contributed by atoms with van der Waals surface area (Å²) in [5.74, 6) is 0.742. The SMILES string of the molecule is Cc1cnc(C2(N)CCOCC2)nc1. The van der Waals surface area contributed by atoms with Crippen LogP contribution in [0.25, 0.3) is 0 Å². The maximum absolute atomic E-state index is 6.23. The molecule has 1 aromatic rings. The first kappa shape index (κ1) is 9.55. The van der Waals surface area contributed by atoms with Gasteiger partial charge in [-0.2, -0.15) is 0 Å². The second-order valence-electron chi connectivity index (χ2n) is 3.85. The van der Waals surface area contributed by atoms with Gasteiger partial charge in [0.05, 0.1) is 5.54 Å². The number of hydrogen-bond acceptors (Lipinski definition) is 4. The molecular weight excluding hydrogens is 178 g/mol. The van der Waals surface area contributed by atoms with Crippen molar-refractivity contribution in [2.24, 2.45) is 5.73 Å². The zero-order valence-corrected chi connectivity index (χ0v) is 8.36. The highest BCUT2D eigenvalue weighted by atomic mass is 16.5. The van der Waals surface area contributed by atoms with Gasteiger partial charge in [-0.15, -0.1) is 0 Å². The van der Waals surface area contributed by atoms with E-state index in [0.29, 0.717) is 13.2 Å². The number of rotatable bonds is 1. The fourth-order valence-corrected chi connectivity index (χ4v) is 1.61. The highest BCUT2D eigenvalue weighted by Crippen LogP contribution is 2.26. The molecule has 0 spiro atoms. The smallest absolute Gasteiger partial charge is 0.148 e. The maximum Gasteiger partial charge on any atom is 0.148 e. The van der Waals surface area contributed by atoms with E-state index >= 15 is 0 Å². The van der Waals surface area contributed by atoms with Gasteiger partial charge in [-0.25, -0.2) is 9.97 Å². The Labute approximate surface area is 83.5 Å². The Morgan fingerprint density at radius 3 is 2.43 bits per heavy atom. The molecule has 2 N–H and O–H groups in total. The van der Waals surface area contributed by atoms with Crippen LogP contribution in [0.15, 0.2) is 12.4 Å². The lowest BCUT2D eigenvalue weighted by Gasteiger charge is -2.31. The van der Waals surface area contributed by atoms with Crippen molar-refractivity contribution in [1.82, 2.24) is 9.97 Å². The van der Waals surface area contributed by atoms with E-state index in [1.165, 1.54) is 0 Å². The number of nitrogens with two attached hydrogens (primary N) is 1. The summed E-state index contributed by atoms with van der Waals surface area (Å²) in [5, 5.41) is 0. The second kappa shape index (κ2) is 3.63. The Kier molecular flexibility index (Phi) is 2.48. The zero-order chi connectivity index (χ0) is 10.0. The summed E-state index contributed by atoms with van der Waals surface area (Å²) >= 11 is 0. The van der Waals surface area contributed by atoms with E-state index in [9.17, 15) is 0 Å². The molecule has 1 aliphatic rings. The first-order valence-corrected chi connectivity index (χ1v) is 4.86. The fraction of sp³-hybridized carbons (Fsp3) is 0.600. The minimum atomic E-state index is -0.383. The predicted octanol–water partition coefficient (Wildman–Crippen LogP) is 0.749. The largest absolute Gasteiger partial charge is 0.381 e. The first-order valence-electron chi connectivity index (χ1n) is 4.86. The summed E-state index contributed by atoms with van der Waals surface area (Å²) in [6.07, 6.45) is 5.23. The molecule has 0 unspecified atom stereocenters. The van der Waals surface area contributed by atoms with Gasteiger partial charge in [0.1, 0.15) is 5.82 Å². The maximum atomic E-state index is 6.23. The molecule has 14 heavy (non-hydrogen) atoms. The molecular formula is C10H15N3O. The van der Waals surface area contributed by atoms with Gasteiger partial charge in [-0.05, 0) is 25.3 Å². The minimum Gasteiger partial charge on any atom is -0.381 e. The van der Waals surface area contributed by atoms with E-state index in [2.05, 4.69) is 9.97 Å². The van der Waals surface area contributed by atoms with Crippen molar-refractivity contribution < 1.29 is 4.74 Å². The van der Waals surface area contributed by atoms with Crippen molar-refractivity contribution in [2.45, 2.75) is 25.3 Å². The van der Waals surface area contributed by atoms with Crippen molar-refractivity contribution in [3.8, 4) is 0 Å². The van der Waals surface area contributed by atoms with Gasteiger partial charge in [-0.1, -0.05) is 0 Å². The van der Waals surface area contributed by atoms with Gasteiger partial charge in [0.15, 0.2) is 0 Å². The van der Waals surface area contributed by atoms with E-state index in [1.54, 1.807) is 0 Å². The third kappa shape index (κ3) is 1.76. The van der Waals surface area contributed by atoms with Crippen LogP contribution in [0, 0.1) is 6.92 Å². The molecule has 0 bridgehead atoms. The van der Waals surface area contributed by atoms with Crippen LogP contribution in [-0.2, 0) is 10.3 Å². The van der Waals surface area contributed by atoms with Gasteiger partial charge in [0.25, 0.3) is 0 Å². The molecule has 4 nitrogen and oxygen atoms in total. The molecule has 0 aromatic carbocycles. The lowest BCUT2D eigenvalue weighted by Crippen LogP contribution is -2.43. The molecule has 0 aliphatic carbocycles. The Hall–Kier alpha value is -1.00. The summed E-state index contributed by atoms with van der Waals surface area (Å²) in [6.45, 7) is 3.37. The van der Waals surface area contributed by atoms with Crippen LogP contribution in [-0.4, -0.2) is 23.2 Å². The van der Waals surface area contributed by atoms with Gasteiger partial charge in [0.2, 0.25) is 0 Å². The molecule has 2 heterocycles. The summed E-state index contributed by atoms with van der Waals surface area (Å²) < 4.78 is 5.27. The minimum absolute atomic E-state index is 0.383. The van der Waals surface area contributed by atoms with E-state index in [-0.39, 0.29) is 5.54 Å². The molecule has 0 amide bonds. The molecule has 4 heteroatoms. The Balaban J connectivity index is 2.23. The highest BCUT2D eigenvalue weighted by molar-refractivity contribution is 5.10. The van der Waals surface area contributed by atoms with Crippen LogP contribution in [0.1, 0.15) is 24.2 Å². The summed E-state index contributed by atoms with van der Waals surface area (Å²) in [7, 11) is 0. The zero-order valence-electron chi connectivity index (χ0n) is 8.36. The molecule has 0 saturated carbocycles. The molecule has 2 rings (SSSR count). The molecule has 1 aliphatic heterocycles. The molecule has 76 valence electrons. The van der Waals surface area contributed by atoms with Crippen molar-refractivity contribution in [3.63, 3.8) is 0 Å². The van der Waals surface area contributed by atoms with E-state index in [1.807, 2.05) is 19.3 Å². The van der Waals surface area contributed by atoms with E-state index < -0.39 is 0 Å². The van der Waals surface area contributed by atoms with Gasteiger partial charge in [0, 0.05) is 25.6 Å². The Morgan fingerprint density at radius 2 is 1.86 bits per heavy atom.